The minimum absolute atomic E-state index is 0.292. The molecule has 0 aliphatic carbocycles. The molecule has 9 heteroatoms. The first kappa shape index (κ1) is 24.3. The van der Waals surface area contributed by atoms with Crippen LogP contribution in [-0.4, -0.2) is 37.3 Å². The number of hydrogen-bond acceptors (Lipinski definition) is 7. The number of rotatable bonds is 9. The van der Waals surface area contributed by atoms with Gasteiger partial charge in [-0.25, -0.2) is 9.78 Å². The lowest BCUT2D eigenvalue weighted by Gasteiger charge is -2.15. The van der Waals surface area contributed by atoms with Crippen LogP contribution in [0, 0.1) is 0 Å². The highest BCUT2D eigenvalue weighted by atomic mass is 16.5. The summed E-state index contributed by atoms with van der Waals surface area (Å²) < 4.78 is 16.2. The van der Waals surface area contributed by atoms with Crippen LogP contribution >= 0.6 is 0 Å². The Balaban J connectivity index is 1.47. The van der Waals surface area contributed by atoms with Crippen LogP contribution in [0.1, 0.15) is 5.56 Å². The van der Waals surface area contributed by atoms with Gasteiger partial charge in [-0.15, -0.1) is 0 Å². The van der Waals surface area contributed by atoms with E-state index < -0.39 is 0 Å². The van der Waals surface area contributed by atoms with Gasteiger partial charge in [0.15, 0.2) is 11.5 Å². The van der Waals surface area contributed by atoms with Gasteiger partial charge < -0.3 is 30.2 Å². The summed E-state index contributed by atoms with van der Waals surface area (Å²) in [5.74, 6) is 2.07. The van der Waals surface area contributed by atoms with Gasteiger partial charge >= 0.3 is 6.03 Å². The minimum atomic E-state index is -0.292. The van der Waals surface area contributed by atoms with Gasteiger partial charge in [0.1, 0.15) is 5.82 Å². The number of aromatic nitrogens is 2. The van der Waals surface area contributed by atoms with Crippen LogP contribution in [0.4, 0.5) is 22.0 Å². The first-order chi connectivity index (χ1) is 17.6. The molecule has 36 heavy (non-hydrogen) atoms. The predicted molar refractivity (Wildman–Crippen MR) is 139 cm³/mol. The Morgan fingerprint density at radius 3 is 2.28 bits per heavy atom. The summed E-state index contributed by atoms with van der Waals surface area (Å²) >= 11 is 0. The average molecular weight is 486 g/mol. The molecule has 4 aromatic rings. The maximum absolute atomic E-state index is 12.4. The minimum Gasteiger partial charge on any atom is -0.493 e. The third-order valence-electron chi connectivity index (χ3n) is 5.28. The van der Waals surface area contributed by atoms with E-state index in [0.717, 1.165) is 11.1 Å². The molecule has 0 radical (unpaired) electrons. The third kappa shape index (κ3) is 6.01. The van der Waals surface area contributed by atoms with E-state index in [1.165, 1.54) is 0 Å². The number of anilines is 3. The Bertz CT molecular complexity index is 1310. The number of nitrogens with zero attached hydrogens (tertiary/aromatic N) is 2. The van der Waals surface area contributed by atoms with Gasteiger partial charge in [-0.3, -0.25) is 4.98 Å². The van der Waals surface area contributed by atoms with Crippen molar-refractivity contribution in [1.82, 2.24) is 15.3 Å². The number of amides is 2. The van der Waals surface area contributed by atoms with Gasteiger partial charge in [-0.1, -0.05) is 42.5 Å². The normalized spacial score (nSPS) is 10.3. The maximum Gasteiger partial charge on any atom is 0.319 e. The summed E-state index contributed by atoms with van der Waals surface area (Å²) in [6.07, 6.45) is 3.28. The highest BCUT2D eigenvalue weighted by Crippen LogP contribution is 2.40. The predicted octanol–water partition coefficient (Wildman–Crippen LogP) is 5.23. The molecule has 1 aromatic heterocycles. The number of carbonyl (C=O) groups excluding carboxylic acids is 1. The Hall–Kier alpha value is -4.79. The van der Waals surface area contributed by atoms with Gasteiger partial charge in [-0.05, 0) is 17.7 Å². The fourth-order valence-corrected chi connectivity index (χ4v) is 3.58. The second kappa shape index (κ2) is 11.6. The van der Waals surface area contributed by atoms with Crippen LogP contribution < -0.4 is 30.2 Å². The van der Waals surface area contributed by atoms with E-state index in [1.807, 2.05) is 54.6 Å². The fourth-order valence-electron chi connectivity index (χ4n) is 3.58. The highest BCUT2D eigenvalue weighted by Gasteiger charge is 2.14. The fraction of sp³-hybridized carbons (Fsp3) is 0.148. The van der Waals surface area contributed by atoms with Crippen molar-refractivity contribution < 1.29 is 19.0 Å². The first-order valence-corrected chi connectivity index (χ1v) is 11.2. The van der Waals surface area contributed by atoms with E-state index in [2.05, 4.69) is 25.9 Å². The maximum atomic E-state index is 12.4. The average Bonchev–Trinajstić information content (AvgIpc) is 2.92. The number of methoxy groups -OCH3 is 3. The van der Waals surface area contributed by atoms with Crippen LogP contribution in [0.25, 0.3) is 11.3 Å². The van der Waals surface area contributed by atoms with Gasteiger partial charge in [0.25, 0.3) is 0 Å². The van der Waals surface area contributed by atoms with Crippen molar-refractivity contribution in [3.05, 3.63) is 84.7 Å². The molecule has 3 N–H and O–H groups in total. The van der Waals surface area contributed by atoms with Crippen molar-refractivity contribution in [2.75, 3.05) is 32.0 Å². The van der Waals surface area contributed by atoms with Crippen LogP contribution in [0.5, 0.6) is 17.2 Å². The molecule has 0 unspecified atom stereocenters. The SMILES string of the molecule is COc1cc(Nc2cncc(-c3cccc(NC(=O)NCc4ccccc4)c3)n2)cc(OC)c1OC. The Kier molecular flexibility index (Phi) is 7.82. The molecule has 4 rings (SSSR count). The van der Waals surface area contributed by atoms with Crippen molar-refractivity contribution in [3.63, 3.8) is 0 Å². The monoisotopic (exact) mass is 485 g/mol. The number of urea groups is 1. The molecular weight excluding hydrogens is 458 g/mol. The molecule has 0 aliphatic heterocycles. The second-order valence-corrected chi connectivity index (χ2v) is 7.70. The number of nitrogens with one attached hydrogen (secondary N) is 3. The molecule has 1 heterocycles. The lowest BCUT2D eigenvalue weighted by atomic mass is 10.1. The highest BCUT2D eigenvalue weighted by molar-refractivity contribution is 5.90. The van der Waals surface area contributed by atoms with E-state index in [-0.39, 0.29) is 6.03 Å². The van der Waals surface area contributed by atoms with Crippen molar-refractivity contribution in [3.8, 4) is 28.5 Å². The molecule has 0 spiro atoms. The largest absolute Gasteiger partial charge is 0.493 e. The summed E-state index contributed by atoms with van der Waals surface area (Å²) in [4.78, 5) is 21.3. The second-order valence-electron chi connectivity index (χ2n) is 7.70. The summed E-state index contributed by atoms with van der Waals surface area (Å²) in [5.41, 5.74) is 3.80. The number of ether oxygens (including phenoxy) is 3. The summed E-state index contributed by atoms with van der Waals surface area (Å²) in [5, 5.41) is 8.94. The van der Waals surface area contributed by atoms with Gasteiger partial charge in [0.2, 0.25) is 5.75 Å². The van der Waals surface area contributed by atoms with E-state index in [4.69, 9.17) is 14.2 Å². The van der Waals surface area contributed by atoms with E-state index in [0.29, 0.717) is 46.7 Å². The molecule has 0 atom stereocenters. The molecular formula is C27H27N5O4. The van der Waals surface area contributed by atoms with E-state index in [1.54, 1.807) is 45.9 Å². The quantitative estimate of drug-likeness (QED) is 0.298. The molecule has 0 bridgehead atoms. The van der Waals surface area contributed by atoms with Crippen molar-refractivity contribution >= 4 is 23.2 Å². The first-order valence-electron chi connectivity index (χ1n) is 11.2. The summed E-state index contributed by atoms with van der Waals surface area (Å²) in [7, 11) is 4.67. The molecule has 0 aliphatic rings. The Morgan fingerprint density at radius 2 is 1.58 bits per heavy atom. The summed E-state index contributed by atoms with van der Waals surface area (Å²) in [6.45, 7) is 0.437. The Labute approximate surface area is 209 Å². The van der Waals surface area contributed by atoms with Crippen LogP contribution in [0.2, 0.25) is 0 Å². The topological polar surface area (TPSA) is 107 Å². The van der Waals surface area contributed by atoms with Gasteiger partial charge in [0, 0.05) is 35.6 Å². The van der Waals surface area contributed by atoms with E-state index >= 15 is 0 Å². The molecule has 0 saturated heterocycles. The van der Waals surface area contributed by atoms with Crippen molar-refractivity contribution in [1.29, 1.82) is 0 Å². The summed E-state index contributed by atoms with van der Waals surface area (Å²) in [6, 6.07) is 20.4. The van der Waals surface area contributed by atoms with Crippen molar-refractivity contribution in [2.24, 2.45) is 0 Å². The number of carbonyl (C=O) groups is 1. The third-order valence-corrected chi connectivity index (χ3v) is 5.28. The van der Waals surface area contributed by atoms with E-state index in [9.17, 15) is 4.79 Å². The lowest BCUT2D eigenvalue weighted by Crippen LogP contribution is -2.28. The molecule has 9 nitrogen and oxygen atoms in total. The zero-order valence-electron chi connectivity index (χ0n) is 20.2. The standard InChI is InChI=1S/C27H27N5O4/c1-34-23-13-21(14-24(35-2)26(23)36-3)30-25-17-28-16-22(32-25)19-10-7-11-20(12-19)31-27(33)29-15-18-8-5-4-6-9-18/h4-14,16-17H,15H2,1-3H3,(H,30,32)(H2,29,31,33). The number of hydrogen-bond donors (Lipinski definition) is 3. The van der Waals surface area contributed by atoms with Gasteiger partial charge in [0.05, 0.1) is 39.4 Å². The molecule has 2 amide bonds. The van der Waals surface area contributed by atoms with Crippen LogP contribution in [0.3, 0.4) is 0 Å². The molecule has 0 fully saturated rings. The van der Waals surface area contributed by atoms with Crippen LogP contribution in [-0.2, 0) is 6.54 Å². The molecule has 0 saturated carbocycles. The van der Waals surface area contributed by atoms with Gasteiger partial charge in [-0.2, -0.15) is 0 Å². The Morgan fingerprint density at radius 1 is 0.833 bits per heavy atom. The van der Waals surface area contributed by atoms with Crippen molar-refractivity contribution in [2.45, 2.75) is 6.54 Å². The zero-order valence-corrected chi connectivity index (χ0v) is 20.2. The molecule has 184 valence electrons. The number of benzene rings is 3. The van der Waals surface area contributed by atoms with Crippen LogP contribution in [0.15, 0.2) is 79.1 Å². The molecule has 3 aromatic carbocycles. The smallest absolute Gasteiger partial charge is 0.319 e. The lowest BCUT2D eigenvalue weighted by molar-refractivity contribution is 0.251. The zero-order chi connectivity index (χ0) is 25.3.